The third-order valence-electron chi connectivity index (χ3n) is 3.50. The van der Waals surface area contributed by atoms with Crippen LogP contribution in [0, 0.1) is 0 Å². The highest BCUT2D eigenvalue weighted by atomic mass is 17.2. The predicted octanol–water partition coefficient (Wildman–Crippen LogP) is 6.36. The lowest BCUT2D eigenvalue weighted by Gasteiger charge is -2.08. The molecule has 0 spiro atoms. The van der Waals surface area contributed by atoms with Gasteiger partial charge in [0.15, 0.2) is 5.75 Å². The van der Waals surface area contributed by atoms with Gasteiger partial charge in [0.05, 0.1) is 13.2 Å². The number of rotatable bonds is 12. The SMILES string of the molecule is C=CC.C=CC.C=CC(=O)OOc1ccccc1CCCCCCCCC.OCCO. The monoisotopic (exact) mass is 436 g/mol. The second-order valence-electron chi connectivity index (χ2n) is 6.43. The summed E-state index contributed by atoms with van der Waals surface area (Å²) in [6.45, 7) is 15.8. The Morgan fingerprint density at radius 1 is 0.903 bits per heavy atom. The third kappa shape index (κ3) is 27.6. The highest BCUT2D eigenvalue weighted by Crippen LogP contribution is 2.21. The molecule has 0 radical (unpaired) electrons. The molecule has 0 aromatic heterocycles. The van der Waals surface area contributed by atoms with Crippen molar-refractivity contribution in [2.45, 2.75) is 72.1 Å². The van der Waals surface area contributed by atoms with E-state index < -0.39 is 5.97 Å². The van der Waals surface area contributed by atoms with Gasteiger partial charge in [0.25, 0.3) is 0 Å². The molecule has 0 unspecified atom stereocenters. The van der Waals surface area contributed by atoms with Gasteiger partial charge in [-0.15, -0.1) is 13.2 Å². The first-order valence-electron chi connectivity index (χ1n) is 11.0. The van der Waals surface area contributed by atoms with E-state index in [1.54, 1.807) is 12.2 Å². The number of carbonyl (C=O) groups excluding carboxylic acids is 1. The van der Waals surface area contributed by atoms with Gasteiger partial charge in [-0.25, -0.2) is 9.68 Å². The molecular formula is C26H44O5. The molecule has 0 aliphatic heterocycles. The fourth-order valence-corrected chi connectivity index (χ4v) is 2.18. The van der Waals surface area contributed by atoms with E-state index in [-0.39, 0.29) is 13.2 Å². The molecule has 1 aromatic rings. The lowest BCUT2D eigenvalue weighted by molar-refractivity contribution is -0.207. The summed E-state index contributed by atoms with van der Waals surface area (Å²) in [7, 11) is 0. The van der Waals surface area contributed by atoms with Crippen LogP contribution >= 0.6 is 0 Å². The van der Waals surface area contributed by atoms with Crippen LogP contribution in [0.3, 0.4) is 0 Å². The van der Waals surface area contributed by atoms with Crippen LogP contribution in [-0.2, 0) is 16.1 Å². The Morgan fingerprint density at radius 3 is 1.87 bits per heavy atom. The lowest BCUT2D eigenvalue weighted by atomic mass is 10.0. The van der Waals surface area contributed by atoms with Crippen molar-refractivity contribution in [1.29, 1.82) is 0 Å². The lowest BCUT2D eigenvalue weighted by Crippen LogP contribution is -2.05. The first-order chi connectivity index (χ1) is 15.0. The Balaban J connectivity index is -0.000000659. The predicted molar refractivity (Wildman–Crippen MR) is 131 cm³/mol. The van der Waals surface area contributed by atoms with Crippen molar-refractivity contribution in [1.82, 2.24) is 0 Å². The number of hydrogen-bond donors (Lipinski definition) is 2. The smallest absolute Gasteiger partial charge is 0.378 e. The van der Waals surface area contributed by atoms with E-state index in [0.29, 0.717) is 5.75 Å². The van der Waals surface area contributed by atoms with Gasteiger partial charge >= 0.3 is 5.97 Å². The molecule has 0 atom stereocenters. The van der Waals surface area contributed by atoms with Crippen LogP contribution in [0.1, 0.15) is 71.3 Å². The number of aliphatic hydroxyl groups excluding tert-OH is 2. The maximum Gasteiger partial charge on any atom is 0.378 e. The zero-order valence-electron chi connectivity index (χ0n) is 19.9. The molecule has 0 aliphatic carbocycles. The van der Waals surface area contributed by atoms with Crippen molar-refractivity contribution in [2.24, 2.45) is 0 Å². The minimum Gasteiger partial charge on any atom is -0.394 e. The van der Waals surface area contributed by atoms with E-state index in [4.69, 9.17) is 15.1 Å². The zero-order valence-corrected chi connectivity index (χ0v) is 19.9. The number of unbranched alkanes of at least 4 members (excludes halogenated alkanes) is 6. The fraction of sp³-hybridized carbons (Fsp3) is 0.500. The van der Waals surface area contributed by atoms with Crippen molar-refractivity contribution in [3.8, 4) is 5.75 Å². The number of para-hydroxylation sites is 1. The molecule has 5 heteroatoms. The second-order valence-corrected chi connectivity index (χ2v) is 6.43. The van der Waals surface area contributed by atoms with Crippen LogP contribution in [-0.4, -0.2) is 29.4 Å². The number of hydrogen-bond acceptors (Lipinski definition) is 5. The Morgan fingerprint density at radius 2 is 1.39 bits per heavy atom. The number of carbonyl (C=O) groups is 1. The molecule has 1 aromatic carbocycles. The summed E-state index contributed by atoms with van der Waals surface area (Å²) >= 11 is 0. The summed E-state index contributed by atoms with van der Waals surface area (Å²) < 4.78 is 0. The Hall–Kier alpha value is -2.37. The number of benzene rings is 1. The van der Waals surface area contributed by atoms with Gasteiger partial charge in [0, 0.05) is 6.08 Å². The van der Waals surface area contributed by atoms with Gasteiger partial charge in [0.1, 0.15) is 0 Å². The maximum absolute atomic E-state index is 11.0. The van der Waals surface area contributed by atoms with Crippen LogP contribution in [0.4, 0.5) is 0 Å². The summed E-state index contributed by atoms with van der Waals surface area (Å²) in [5.74, 6) is 0.0272. The number of aryl methyl sites for hydroxylation is 1. The summed E-state index contributed by atoms with van der Waals surface area (Å²) in [4.78, 5) is 20.7. The highest BCUT2D eigenvalue weighted by molar-refractivity contribution is 5.80. The summed E-state index contributed by atoms with van der Waals surface area (Å²) in [6.07, 6.45) is 14.4. The van der Waals surface area contributed by atoms with Crippen LogP contribution in [0.15, 0.2) is 62.2 Å². The Labute approximate surface area is 190 Å². The fourth-order valence-electron chi connectivity index (χ4n) is 2.18. The Kier molecular flexibility index (Phi) is 32.0. The zero-order chi connectivity index (χ0) is 24.2. The number of aliphatic hydroxyl groups is 2. The molecule has 31 heavy (non-hydrogen) atoms. The second kappa shape index (κ2) is 29.8. The quantitative estimate of drug-likeness (QED) is 0.131. The van der Waals surface area contributed by atoms with E-state index in [2.05, 4.69) is 31.5 Å². The molecule has 0 amide bonds. The van der Waals surface area contributed by atoms with Gasteiger partial charge in [-0.2, -0.15) is 0 Å². The van der Waals surface area contributed by atoms with Gasteiger partial charge in [-0.3, -0.25) is 4.89 Å². The van der Waals surface area contributed by atoms with E-state index in [1.165, 1.54) is 38.5 Å². The minimum absolute atomic E-state index is 0.125. The molecule has 1 rings (SSSR count). The number of allylic oxidation sites excluding steroid dienone is 2. The van der Waals surface area contributed by atoms with E-state index in [9.17, 15) is 4.79 Å². The van der Waals surface area contributed by atoms with E-state index in [0.717, 1.165) is 24.5 Å². The standard InChI is InChI=1S/C18H26O3.2C3H6.C2H6O2/c1-3-5-6-7-8-9-10-13-16-14-11-12-15-17(16)20-21-18(19)4-2;2*1-3-2;3-1-2-4/h4,11-12,14-15H,2-3,5-10,13H2,1H3;2*3H,1H2,2H3;3-4H,1-2H2. The van der Waals surface area contributed by atoms with E-state index in [1.807, 2.05) is 38.1 Å². The maximum atomic E-state index is 11.0. The van der Waals surface area contributed by atoms with E-state index >= 15 is 0 Å². The molecule has 178 valence electrons. The van der Waals surface area contributed by atoms with Gasteiger partial charge in [-0.05, 0) is 38.3 Å². The van der Waals surface area contributed by atoms with Crippen LogP contribution in [0.5, 0.6) is 5.75 Å². The first-order valence-corrected chi connectivity index (χ1v) is 11.0. The largest absolute Gasteiger partial charge is 0.394 e. The van der Waals surface area contributed by atoms with Crippen LogP contribution in [0.25, 0.3) is 0 Å². The van der Waals surface area contributed by atoms with Crippen molar-refractivity contribution < 1.29 is 24.8 Å². The summed E-state index contributed by atoms with van der Waals surface area (Å²) in [5, 5.41) is 15.2. The third-order valence-corrected chi connectivity index (χ3v) is 3.50. The van der Waals surface area contributed by atoms with Crippen molar-refractivity contribution in [3.05, 3.63) is 67.8 Å². The molecule has 2 N–H and O–H groups in total. The van der Waals surface area contributed by atoms with Gasteiger partial charge in [-0.1, -0.05) is 82.4 Å². The summed E-state index contributed by atoms with van der Waals surface area (Å²) in [6, 6.07) is 7.66. The normalized spacial score (nSPS) is 8.68. The molecule has 0 saturated carbocycles. The first kappa shape index (κ1) is 33.3. The van der Waals surface area contributed by atoms with Crippen LogP contribution < -0.4 is 4.89 Å². The molecular weight excluding hydrogens is 392 g/mol. The summed E-state index contributed by atoms with van der Waals surface area (Å²) in [5.41, 5.74) is 1.07. The van der Waals surface area contributed by atoms with Crippen molar-refractivity contribution in [2.75, 3.05) is 13.2 Å². The Bertz CT molecular complexity index is 532. The van der Waals surface area contributed by atoms with Gasteiger partial charge < -0.3 is 10.2 Å². The highest BCUT2D eigenvalue weighted by Gasteiger charge is 2.06. The molecule has 0 aliphatic rings. The molecule has 0 bridgehead atoms. The molecule has 0 fully saturated rings. The molecule has 0 heterocycles. The van der Waals surface area contributed by atoms with Crippen molar-refractivity contribution in [3.63, 3.8) is 0 Å². The minimum atomic E-state index is -0.583. The topological polar surface area (TPSA) is 76.0 Å². The van der Waals surface area contributed by atoms with Gasteiger partial charge in [0.2, 0.25) is 0 Å². The van der Waals surface area contributed by atoms with Crippen molar-refractivity contribution >= 4 is 5.97 Å². The molecule has 5 nitrogen and oxygen atoms in total. The average Bonchev–Trinajstić information content (AvgIpc) is 2.78. The average molecular weight is 437 g/mol. The van der Waals surface area contributed by atoms with Crippen LogP contribution in [0.2, 0.25) is 0 Å². The molecule has 0 saturated heterocycles.